The molecule has 2 saturated heterocycles. The molecule has 37 heavy (non-hydrogen) atoms. The molecule has 198 valence electrons. The molecule has 2 heterocycles. The van der Waals surface area contributed by atoms with Gasteiger partial charge >= 0.3 is 0 Å². The van der Waals surface area contributed by atoms with Crippen molar-refractivity contribution in [1.82, 2.24) is 9.80 Å². The van der Waals surface area contributed by atoms with Crippen LogP contribution in [0.5, 0.6) is 5.75 Å². The first-order valence-corrected chi connectivity index (χ1v) is 13.0. The van der Waals surface area contributed by atoms with E-state index >= 15 is 0 Å². The first kappa shape index (κ1) is 27.0. The zero-order chi connectivity index (χ0) is 26.6. The Bertz CT molecular complexity index is 1150. The number of aliphatic hydroxyl groups excluding tert-OH is 1. The number of rotatable bonds is 7. The molecular formula is C29H35F2N3O3. The molecule has 0 radical (unpaired) electrons. The molecule has 2 aromatic rings. The number of carbonyl (C=O) groups is 1. The normalized spacial score (nSPS) is 19.5. The number of amides is 1. The van der Waals surface area contributed by atoms with Gasteiger partial charge in [0.15, 0.2) is 0 Å². The third-order valence-corrected chi connectivity index (χ3v) is 7.10. The lowest BCUT2D eigenvalue weighted by molar-refractivity contribution is 0.0470. The second kappa shape index (κ2) is 11.6. The Morgan fingerprint density at radius 1 is 1.16 bits per heavy atom. The lowest BCUT2D eigenvalue weighted by atomic mass is 9.96. The van der Waals surface area contributed by atoms with Crippen molar-refractivity contribution in [3.8, 4) is 22.9 Å². The van der Waals surface area contributed by atoms with E-state index in [4.69, 9.17) is 4.74 Å². The van der Waals surface area contributed by atoms with Gasteiger partial charge in [0.2, 0.25) is 0 Å². The summed E-state index contributed by atoms with van der Waals surface area (Å²) in [4.78, 5) is 16.4. The van der Waals surface area contributed by atoms with Crippen molar-refractivity contribution in [3.05, 3.63) is 53.3 Å². The van der Waals surface area contributed by atoms with Crippen LogP contribution in [-0.4, -0.2) is 71.9 Å². The fourth-order valence-electron chi connectivity index (χ4n) is 5.18. The fourth-order valence-corrected chi connectivity index (χ4v) is 5.18. The van der Waals surface area contributed by atoms with Gasteiger partial charge in [-0.05, 0) is 100.0 Å². The van der Waals surface area contributed by atoms with Gasteiger partial charge in [-0.15, -0.1) is 0 Å². The first-order valence-electron chi connectivity index (χ1n) is 13.0. The van der Waals surface area contributed by atoms with Gasteiger partial charge in [-0.1, -0.05) is 6.07 Å². The summed E-state index contributed by atoms with van der Waals surface area (Å²) in [6, 6.07) is 11.7. The number of halogens is 2. The molecular weight excluding hydrogens is 476 g/mol. The van der Waals surface area contributed by atoms with Crippen LogP contribution in [0.2, 0.25) is 0 Å². The second-order valence-corrected chi connectivity index (χ2v) is 10.8. The molecule has 2 aliphatic heterocycles. The molecule has 0 unspecified atom stereocenters. The first-order chi connectivity index (χ1) is 17.6. The number of hydrogen-bond donors (Lipinski definition) is 1. The number of carbonyl (C=O) groups excluding carboxylic acids is 1. The summed E-state index contributed by atoms with van der Waals surface area (Å²) in [7, 11) is 0. The summed E-state index contributed by atoms with van der Waals surface area (Å²) in [6.45, 7) is 6.53. The van der Waals surface area contributed by atoms with E-state index in [1.165, 1.54) is 17.0 Å². The number of likely N-dealkylation sites (tertiary alicyclic amines) is 2. The summed E-state index contributed by atoms with van der Waals surface area (Å²) in [5.41, 5.74) is 0.170. The Labute approximate surface area is 217 Å². The predicted octanol–water partition coefficient (Wildman–Crippen LogP) is 4.80. The number of hydrogen-bond acceptors (Lipinski definition) is 5. The number of alkyl halides is 1. The largest absolute Gasteiger partial charge is 0.493 e. The molecule has 4 rings (SSSR count). The van der Waals surface area contributed by atoms with E-state index in [9.17, 15) is 23.9 Å². The van der Waals surface area contributed by atoms with E-state index < -0.39 is 23.5 Å². The minimum atomic E-state index is -1.20. The molecule has 0 aliphatic carbocycles. The highest BCUT2D eigenvalue weighted by molar-refractivity contribution is 5.95. The van der Waals surface area contributed by atoms with Gasteiger partial charge in [-0.3, -0.25) is 4.79 Å². The number of ether oxygens (including phenoxy) is 1. The van der Waals surface area contributed by atoms with Crippen molar-refractivity contribution in [2.24, 2.45) is 5.92 Å². The van der Waals surface area contributed by atoms with Crippen molar-refractivity contribution in [2.45, 2.75) is 51.3 Å². The Hall–Kier alpha value is -3.02. The van der Waals surface area contributed by atoms with Gasteiger partial charge in [-0.25, -0.2) is 8.78 Å². The minimum absolute atomic E-state index is 0.0440. The SMILES string of the molecule is CC(C)(F)CN1CCC(COc2ccc(-c3ccc(C(=O)N4CCC[C@@H](O)C4)c(F)c3)c(C#N)c2)CC1. The van der Waals surface area contributed by atoms with E-state index in [1.54, 1.807) is 38.1 Å². The maximum absolute atomic E-state index is 15.0. The number of piperidine rings is 2. The predicted molar refractivity (Wildman–Crippen MR) is 138 cm³/mol. The molecule has 0 bridgehead atoms. The highest BCUT2D eigenvalue weighted by Gasteiger charge is 2.27. The number of nitriles is 1. The number of aliphatic hydroxyl groups is 1. The van der Waals surface area contributed by atoms with E-state index in [-0.39, 0.29) is 12.1 Å². The molecule has 0 spiro atoms. The quantitative estimate of drug-likeness (QED) is 0.578. The van der Waals surface area contributed by atoms with Crippen molar-refractivity contribution < 1.29 is 23.4 Å². The van der Waals surface area contributed by atoms with Crippen LogP contribution in [-0.2, 0) is 0 Å². The van der Waals surface area contributed by atoms with Crippen molar-refractivity contribution >= 4 is 5.91 Å². The molecule has 1 amide bonds. The highest BCUT2D eigenvalue weighted by atomic mass is 19.1. The van der Waals surface area contributed by atoms with Crippen LogP contribution < -0.4 is 4.74 Å². The summed E-state index contributed by atoms with van der Waals surface area (Å²) in [5, 5.41) is 19.6. The van der Waals surface area contributed by atoms with Gasteiger partial charge in [0, 0.05) is 19.6 Å². The maximum Gasteiger partial charge on any atom is 0.256 e. The van der Waals surface area contributed by atoms with Crippen LogP contribution in [0.15, 0.2) is 36.4 Å². The maximum atomic E-state index is 15.0. The van der Waals surface area contributed by atoms with Gasteiger partial charge in [0.1, 0.15) is 17.2 Å². The molecule has 2 aliphatic rings. The molecule has 0 saturated carbocycles. The Balaban J connectivity index is 1.39. The fraction of sp³-hybridized carbons (Fsp3) is 0.517. The lowest BCUT2D eigenvalue weighted by Gasteiger charge is -2.34. The van der Waals surface area contributed by atoms with Gasteiger partial charge < -0.3 is 19.6 Å². The Kier molecular flexibility index (Phi) is 8.46. The average Bonchev–Trinajstić information content (AvgIpc) is 2.87. The van der Waals surface area contributed by atoms with E-state index in [0.717, 1.165) is 25.9 Å². The minimum Gasteiger partial charge on any atom is -0.493 e. The lowest BCUT2D eigenvalue weighted by Crippen LogP contribution is -2.42. The van der Waals surface area contributed by atoms with E-state index in [2.05, 4.69) is 11.0 Å². The van der Waals surface area contributed by atoms with Crippen LogP contribution >= 0.6 is 0 Å². The zero-order valence-electron chi connectivity index (χ0n) is 21.6. The van der Waals surface area contributed by atoms with Crippen molar-refractivity contribution in [2.75, 3.05) is 39.3 Å². The number of nitrogens with zero attached hydrogens (tertiary/aromatic N) is 3. The topological polar surface area (TPSA) is 76.8 Å². The summed E-state index contributed by atoms with van der Waals surface area (Å²) < 4.78 is 34.8. The smallest absolute Gasteiger partial charge is 0.256 e. The second-order valence-electron chi connectivity index (χ2n) is 10.8. The molecule has 0 aromatic heterocycles. The van der Waals surface area contributed by atoms with Crippen molar-refractivity contribution in [1.29, 1.82) is 5.26 Å². The molecule has 2 fully saturated rings. The Morgan fingerprint density at radius 3 is 2.57 bits per heavy atom. The molecule has 1 N–H and O–H groups in total. The van der Waals surface area contributed by atoms with E-state index in [1.807, 2.05) is 0 Å². The third-order valence-electron chi connectivity index (χ3n) is 7.10. The van der Waals surface area contributed by atoms with Crippen LogP contribution in [0.25, 0.3) is 11.1 Å². The zero-order valence-corrected chi connectivity index (χ0v) is 21.6. The molecule has 2 aromatic carbocycles. The van der Waals surface area contributed by atoms with Crippen LogP contribution in [0.3, 0.4) is 0 Å². The van der Waals surface area contributed by atoms with Gasteiger partial charge in [0.05, 0.1) is 29.9 Å². The summed E-state index contributed by atoms with van der Waals surface area (Å²) >= 11 is 0. The monoisotopic (exact) mass is 511 g/mol. The van der Waals surface area contributed by atoms with Gasteiger partial charge in [0.25, 0.3) is 5.91 Å². The average molecular weight is 512 g/mol. The van der Waals surface area contributed by atoms with Crippen LogP contribution in [0.1, 0.15) is 55.5 Å². The number of β-amino-alcohol motifs (C(OH)–C–C–N with tert-alkyl or cyclic N) is 1. The highest BCUT2D eigenvalue weighted by Crippen LogP contribution is 2.30. The van der Waals surface area contributed by atoms with Gasteiger partial charge in [-0.2, -0.15) is 5.26 Å². The standard InChI is InChI=1S/C29H35F2N3O3/c1-29(2,31)19-33-12-9-20(10-13-33)18-37-24-6-8-25(22(14-24)16-32)21-5-7-26(27(30)15-21)28(36)34-11-3-4-23(35)17-34/h5-8,14-15,20,23,35H,3-4,9-13,17-19H2,1-2H3/t23-/m1/s1. The molecule has 6 nitrogen and oxygen atoms in total. The van der Waals surface area contributed by atoms with Crippen molar-refractivity contribution in [3.63, 3.8) is 0 Å². The summed E-state index contributed by atoms with van der Waals surface area (Å²) in [5.74, 6) is -0.159. The van der Waals surface area contributed by atoms with Crippen LogP contribution in [0.4, 0.5) is 8.78 Å². The number of benzene rings is 2. The van der Waals surface area contributed by atoms with Crippen LogP contribution in [0, 0.1) is 23.1 Å². The van der Waals surface area contributed by atoms with E-state index in [0.29, 0.717) is 60.9 Å². The molecule has 1 atom stereocenters. The molecule has 8 heteroatoms. The Morgan fingerprint density at radius 2 is 1.92 bits per heavy atom. The third kappa shape index (κ3) is 7.06. The summed E-state index contributed by atoms with van der Waals surface area (Å²) in [6.07, 6.45) is 2.60.